The largest absolute Gasteiger partial charge is 0.319 e. The maximum atomic E-state index is 12.4. The molecule has 0 spiro atoms. The monoisotopic (exact) mass is 314 g/mol. The maximum Gasteiger partial charge on any atom is 0.300 e. The molecule has 0 aliphatic rings. The van der Waals surface area contributed by atoms with Crippen molar-refractivity contribution in [3.05, 3.63) is 46.0 Å². The summed E-state index contributed by atoms with van der Waals surface area (Å²) in [6.45, 7) is 6.75. The number of thiazole rings is 1. The van der Waals surface area contributed by atoms with Crippen LogP contribution in [0, 0.1) is 13.8 Å². The smallest absolute Gasteiger partial charge is 0.300 e. The van der Waals surface area contributed by atoms with Crippen molar-refractivity contribution in [2.75, 3.05) is 0 Å². The molecule has 0 fully saturated rings. The molecule has 2 heterocycles. The number of aromatic nitrogens is 3. The Morgan fingerprint density at radius 2 is 2.14 bits per heavy atom. The molecule has 2 aromatic heterocycles. The molecule has 0 saturated carbocycles. The number of carbonyl (C=O) groups is 1. The molecule has 0 saturated heterocycles. The molecule has 114 valence electrons. The lowest BCUT2D eigenvalue weighted by atomic mass is 10.2. The first-order valence-corrected chi connectivity index (χ1v) is 8.01. The van der Waals surface area contributed by atoms with Gasteiger partial charge in [0.15, 0.2) is 10.5 Å². The summed E-state index contributed by atoms with van der Waals surface area (Å²) in [5.41, 5.74) is 3.66. The molecule has 0 aliphatic carbocycles. The lowest BCUT2D eigenvalue weighted by molar-refractivity contribution is 0.0992. The molecule has 0 unspecified atom stereocenters. The lowest BCUT2D eigenvalue weighted by Crippen LogP contribution is -2.14. The molecule has 0 aliphatic heterocycles. The van der Waals surface area contributed by atoms with Crippen molar-refractivity contribution in [2.45, 2.75) is 27.3 Å². The fourth-order valence-corrected chi connectivity index (χ4v) is 3.68. The van der Waals surface area contributed by atoms with Crippen LogP contribution in [-0.4, -0.2) is 20.3 Å². The lowest BCUT2D eigenvalue weighted by Gasteiger charge is -1.98. The second-order valence-corrected chi connectivity index (χ2v) is 6.28. The Kier molecular flexibility index (Phi) is 3.70. The third kappa shape index (κ3) is 2.39. The number of amides is 1. The summed E-state index contributed by atoms with van der Waals surface area (Å²) in [4.78, 5) is 17.3. The average molecular weight is 314 g/mol. The number of hydrogen-bond donors (Lipinski definition) is 0. The van der Waals surface area contributed by atoms with Gasteiger partial charge in [-0.3, -0.25) is 9.48 Å². The summed E-state index contributed by atoms with van der Waals surface area (Å²) in [6, 6.07) is 7.92. The average Bonchev–Trinajstić information content (AvgIpc) is 3.01. The molecule has 5 nitrogen and oxygen atoms in total. The van der Waals surface area contributed by atoms with Crippen LogP contribution in [0.15, 0.2) is 29.3 Å². The predicted octanol–water partition coefficient (Wildman–Crippen LogP) is 2.81. The fourth-order valence-electron chi connectivity index (χ4n) is 2.58. The van der Waals surface area contributed by atoms with Crippen molar-refractivity contribution in [3.63, 3.8) is 0 Å². The van der Waals surface area contributed by atoms with E-state index in [0.717, 1.165) is 22.5 Å². The molecule has 0 N–H and O–H groups in total. The van der Waals surface area contributed by atoms with Crippen LogP contribution in [0.4, 0.5) is 0 Å². The molecular weight excluding hydrogens is 296 g/mol. The molecule has 1 aromatic carbocycles. The molecule has 0 bridgehead atoms. The highest BCUT2D eigenvalue weighted by Crippen LogP contribution is 2.19. The topological polar surface area (TPSA) is 52.2 Å². The number of fused-ring (bicyclic) bond motifs is 1. The summed E-state index contributed by atoms with van der Waals surface area (Å²) < 4.78 is 4.90. The first-order chi connectivity index (χ1) is 10.5. The van der Waals surface area contributed by atoms with Gasteiger partial charge in [-0.25, -0.2) is 0 Å². The Morgan fingerprint density at radius 3 is 2.77 bits per heavy atom. The highest BCUT2D eigenvalue weighted by molar-refractivity contribution is 7.16. The summed E-state index contributed by atoms with van der Waals surface area (Å²) in [5, 5.41) is 4.29. The van der Waals surface area contributed by atoms with Crippen molar-refractivity contribution in [3.8, 4) is 0 Å². The molecule has 0 atom stereocenters. The second kappa shape index (κ2) is 5.53. The van der Waals surface area contributed by atoms with Gasteiger partial charge in [-0.1, -0.05) is 23.5 Å². The van der Waals surface area contributed by atoms with Crippen LogP contribution in [-0.2, 0) is 13.6 Å². The van der Waals surface area contributed by atoms with E-state index < -0.39 is 0 Å². The molecule has 3 rings (SSSR count). The van der Waals surface area contributed by atoms with Gasteiger partial charge in [-0.15, -0.1) is 0 Å². The normalized spacial score (nSPS) is 12.3. The Hall–Kier alpha value is -2.21. The number of rotatable bonds is 2. The summed E-state index contributed by atoms with van der Waals surface area (Å²) in [6.07, 6.45) is 0. The summed E-state index contributed by atoms with van der Waals surface area (Å²) >= 11 is 1.52. The minimum atomic E-state index is -0.296. The Morgan fingerprint density at radius 1 is 1.36 bits per heavy atom. The van der Waals surface area contributed by atoms with Gasteiger partial charge >= 0.3 is 0 Å². The van der Waals surface area contributed by atoms with Gasteiger partial charge in [-0.05, 0) is 38.5 Å². The number of para-hydroxylation sites is 1. The van der Waals surface area contributed by atoms with E-state index >= 15 is 0 Å². The third-order valence-electron chi connectivity index (χ3n) is 3.72. The summed E-state index contributed by atoms with van der Waals surface area (Å²) in [5.74, 6) is -0.296. The number of carbonyl (C=O) groups excluding carboxylic acids is 1. The van der Waals surface area contributed by atoms with E-state index in [9.17, 15) is 4.79 Å². The van der Waals surface area contributed by atoms with E-state index in [1.54, 1.807) is 10.7 Å². The Bertz CT molecular complexity index is 929. The van der Waals surface area contributed by atoms with Crippen molar-refractivity contribution in [2.24, 2.45) is 12.0 Å². The van der Waals surface area contributed by atoms with Crippen molar-refractivity contribution >= 4 is 27.5 Å². The van der Waals surface area contributed by atoms with Crippen LogP contribution in [0.1, 0.15) is 28.7 Å². The van der Waals surface area contributed by atoms with Gasteiger partial charge in [0.1, 0.15) is 0 Å². The van der Waals surface area contributed by atoms with Crippen LogP contribution >= 0.6 is 11.3 Å². The van der Waals surface area contributed by atoms with Crippen LogP contribution in [0.3, 0.4) is 0 Å². The first kappa shape index (κ1) is 14.7. The third-order valence-corrected chi connectivity index (χ3v) is 4.82. The zero-order valence-electron chi connectivity index (χ0n) is 13.1. The number of aryl methyl sites for hydroxylation is 4. The standard InChI is InChI=1S/C16H18N4OS/c1-5-20-11(3)9-12(18-20)15(21)17-16-19(4)14-10(2)7-6-8-13(14)22-16/h6-9H,5H2,1-4H3. The number of hydrogen-bond acceptors (Lipinski definition) is 3. The highest BCUT2D eigenvalue weighted by Gasteiger charge is 2.12. The van der Waals surface area contributed by atoms with Crippen LogP contribution in [0.5, 0.6) is 0 Å². The molecule has 0 radical (unpaired) electrons. The quantitative estimate of drug-likeness (QED) is 0.730. The van der Waals surface area contributed by atoms with Gasteiger partial charge in [-0.2, -0.15) is 10.1 Å². The molecule has 3 aromatic rings. The molecule has 22 heavy (non-hydrogen) atoms. The van der Waals surface area contributed by atoms with Crippen molar-refractivity contribution in [1.82, 2.24) is 14.3 Å². The van der Waals surface area contributed by atoms with Gasteiger partial charge in [0.25, 0.3) is 5.91 Å². The van der Waals surface area contributed by atoms with Crippen LogP contribution < -0.4 is 4.80 Å². The van der Waals surface area contributed by atoms with Crippen LogP contribution in [0.2, 0.25) is 0 Å². The summed E-state index contributed by atoms with van der Waals surface area (Å²) in [7, 11) is 1.94. The highest BCUT2D eigenvalue weighted by atomic mass is 32.1. The second-order valence-electron chi connectivity index (χ2n) is 5.27. The molecule has 1 amide bonds. The van der Waals surface area contributed by atoms with E-state index in [1.807, 2.05) is 37.6 Å². The predicted molar refractivity (Wildman–Crippen MR) is 88.1 cm³/mol. The number of benzene rings is 1. The Balaban J connectivity index is 2.10. The minimum absolute atomic E-state index is 0.296. The zero-order chi connectivity index (χ0) is 15.9. The van der Waals surface area contributed by atoms with E-state index in [4.69, 9.17) is 0 Å². The van der Waals surface area contributed by atoms with Crippen LogP contribution in [0.25, 0.3) is 10.2 Å². The van der Waals surface area contributed by atoms with Gasteiger partial charge in [0, 0.05) is 19.3 Å². The minimum Gasteiger partial charge on any atom is -0.319 e. The van der Waals surface area contributed by atoms with Gasteiger partial charge in [0.05, 0.1) is 10.2 Å². The van der Waals surface area contributed by atoms with E-state index in [1.165, 1.54) is 16.9 Å². The molecule has 6 heteroatoms. The molecular formula is C16H18N4OS. The SMILES string of the molecule is CCn1nc(C(=O)N=c2sc3cccc(C)c3n2C)cc1C. The van der Waals surface area contributed by atoms with E-state index in [-0.39, 0.29) is 5.91 Å². The van der Waals surface area contributed by atoms with E-state index in [0.29, 0.717) is 10.5 Å². The van der Waals surface area contributed by atoms with Gasteiger partial charge in [0.2, 0.25) is 0 Å². The first-order valence-electron chi connectivity index (χ1n) is 7.20. The van der Waals surface area contributed by atoms with Crippen molar-refractivity contribution in [1.29, 1.82) is 0 Å². The maximum absolute atomic E-state index is 12.4. The van der Waals surface area contributed by atoms with Crippen molar-refractivity contribution < 1.29 is 4.79 Å². The zero-order valence-corrected chi connectivity index (χ0v) is 13.9. The van der Waals surface area contributed by atoms with E-state index in [2.05, 4.69) is 23.1 Å². The number of nitrogens with zero attached hydrogens (tertiary/aromatic N) is 4. The fraction of sp³-hybridized carbons (Fsp3) is 0.312. The van der Waals surface area contributed by atoms with Gasteiger partial charge < -0.3 is 4.57 Å². The Labute approximate surface area is 132 Å².